The zero-order valence-electron chi connectivity index (χ0n) is 6.44. The first-order valence-corrected chi connectivity index (χ1v) is 4.20. The van der Waals surface area contributed by atoms with Gasteiger partial charge in [-0.05, 0) is 33.5 Å². The molecule has 0 bridgehead atoms. The highest BCUT2D eigenvalue weighted by Gasteiger charge is 2.14. The van der Waals surface area contributed by atoms with Gasteiger partial charge in [-0.3, -0.25) is 0 Å². The van der Waals surface area contributed by atoms with Crippen LogP contribution < -0.4 is 5.46 Å². The molecular weight excluding hydrogens is 239 g/mol. The SMILES string of the molecule is O=C(O)c1ccc(B(O)O)cc1Br. The van der Waals surface area contributed by atoms with Gasteiger partial charge in [-0.25, -0.2) is 4.79 Å². The number of aromatic carboxylic acids is 1. The maximum atomic E-state index is 10.5. The number of hydrogen-bond donors (Lipinski definition) is 3. The minimum absolute atomic E-state index is 0.0874. The Bertz CT molecular complexity index is 339. The van der Waals surface area contributed by atoms with Crippen LogP contribution in [0.15, 0.2) is 22.7 Å². The molecule has 0 saturated heterocycles. The largest absolute Gasteiger partial charge is 0.488 e. The molecule has 3 N–H and O–H groups in total. The highest BCUT2D eigenvalue weighted by atomic mass is 79.9. The maximum absolute atomic E-state index is 10.5. The Labute approximate surface area is 83.1 Å². The highest BCUT2D eigenvalue weighted by molar-refractivity contribution is 9.10. The van der Waals surface area contributed by atoms with Crippen LogP contribution in [0.3, 0.4) is 0 Å². The quantitative estimate of drug-likeness (QED) is 0.632. The second-order valence-corrected chi connectivity index (χ2v) is 3.27. The van der Waals surface area contributed by atoms with Crippen LogP contribution in [0.5, 0.6) is 0 Å². The number of carboxylic acid groups (broad SMARTS) is 1. The first-order chi connectivity index (χ1) is 6.02. The van der Waals surface area contributed by atoms with Crippen molar-refractivity contribution in [1.29, 1.82) is 0 Å². The summed E-state index contributed by atoms with van der Waals surface area (Å²) in [6.07, 6.45) is 0. The minimum atomic E-state index is -1.58. The lowest BCUT2D eigenvalue weighted by atomic mass is 9.80. The molecule has 0 saturated carbocycles. The summed E-state index contributed by atoms with van der Waals surface area (Å²) in [6.45, 7) is 0. The summed E-state index contributed by atoms with van der Waals surface area (Å²) < 4.78 is 0.325. The standard InChI is InChI=1S/C7H6BBrO4/c9-6-3-4(8(12)13)1-2-5(6)7(10)11/h1-3,12-13H,(H,10,11). The highest BCUT2D eigenvalue weighted by Crippen LogP contribution is 2.14. The third-order valence-electron chi connectivity index (χ3n) is 1.52. The summed E-state index contributed by atoms with van der Waals surface area (Å²) in [5, 5.41) is 26.2. The van der Waals surface area contributed by atoms with Crippen LogP contribution in [0.2, 0.25) is 0 Å². The zero-order valence-corrected chi connectivity index (χ0v) is 8.02. The summed E-state index contributed by atoms with van der Waals surface area (Å²) in [5.41, 5.74) is 0.335. The van der Waals surface area contributed by atoms with Crippen molar-refractivity contribution in [3.63, 3.8) is 0 Å². The van der Waals surface area contributed by atoms with Crippen LogP contribution in [0, 0.1) is 0 Å². The molecule has 0 aromatic heterocycles. The van der Waals surface area contributed by atoms with Gasteiger partial charge in [-0.15, -0.1) is 0 Å². The van der Waals surface area contributed by atoms with Crippen molar-refractivity contribution in [2.75, 3.05) is 0 Å². The predicted molar refractivity (Wildman–Crippen MR) is 50.9 cm³/mol. The van der Waals surface area contributed by atoms with E-state index in [9.17, 15) is 4.79 Å². The van der Waals surface area contributed by atoms with E-state index in [1.165, 1.54) is 18.2 Å². The fourth-order valence-electron chi connectivity index (χ4n) is 0.865. The second-order valence-electron chi connectivity index (χ2n) is 2.42. The average molecular weight is 245 g/mol. The Morgan fingerprint density at radius 1 is 1.38 bits per heavy atom. The van der Waals surface area contributed by atoms with Gasteiger partial charge in [0.1, 0.15) is 0 Å². The molecule has 6 heteroatoms. The normalized spacial score (nSPS) is 9.77. The number of halogens is 1. The number of benzene rings is 1. The molecule has 0 amide bonds. The smallest absolute Gasteiger partial charge is 0.478 e. The molecule has 0 unspecified atom stereocenters. The monoisotopic (exact) mass is 244 g/mol. The van der Waals surface area contributed by atoms with E-state index in [1.807, 2.05) is 0 Å². The third-order valence-corrected chi connectivity index (χ3v) is 2.18. The number of carboxylic acids is 1. The van der Waals surface area contributed by atoms with Crippen molar-refractivity contribution in [3.8, 4) is 0 Å². The molecule has 13 heavy (non-hydrogen) atoms. The lowest BCUT2D eigenvalue weighted by Crippen LogP contribution is -2.29. The topological polar surface area (TPSA) is 77.8 Å². The molecular formula is C7H6BBrO4. The number of hydrogen-bond acceptors (Lipinski definition) is 3. The van der Waals surface area contributed by atoms with Gasteiger partial charge >= 0.3 is 13.1 Å². The molecule has 0 radical (unpaired) electrons. The summed E-state index contributed by atoms with van der Waals surface area (Å²) >= 11 is 3.01. The fraction of sp³-hybridized carbons (Fsp3) is 0. The van der Waals surface area contributed by atoms with Crippen molar-refractivity contribution < 1.29 is 19.9 Å². The Morgan fingerprint density at radius 2 is 2.00 bits per heavy atom. The first kappa shape index (κ1) is 10.2. The molecule has 0 aliphatic carbocycles. The summed E-state index contributed by atoms with van der Waals surface area (Å²) in [5.74, 6) is -1.06. The summed E-state index contributed by atoms with van der Waals surface area (Å²) in [7, 11) is -1.58. The van der Waals surface area contributed by atoms with Crippen molar-refractivity contribution in [3.05, 3.63) is 28.2 Å². The van der Waals surface area contributed by atoms with Crippen LogP contribution in [-0.4, -0.2) is 28.2 Å². The fourth-order valence-corrected chi connectivity index (χ4v) is 1.43. The van der Waals surface area contributed by atoms with E-state index >= 15 is 0 Å². The van der Waals surface area contributed by atoms with Gasteiger partial charge in [0.2, 0.25) is 0 Å². The molecule has 1 aromatic carbocycles. The van der Waals surface area contributed by atoms with Crippen LogP contribution in [0.4, 0.5) is 0 Å². The molecule has 0 heterocycles. The molecule has 68 valence electrons. The van der Waals surface area contributed by atoms with E-state index < -0.39 is 13.1 Å². The van der Waals surface area contributed by atoms with Gasteiger partial charge in [0.15, 0.2) is 0 Å². The molecule has 1 aromatic rings. The van der Waals surface area contributed by atoms with Gasteiger partial charge < -0.3 is 15.2 Å². The molecule has 4 nitrogen and oxygen atoms in total. The van der Waals surface area contributed by atoms with Crippen molar-refractivity contribution in [2.24, 2.45) is 0 Å². The van der Waals surface area contributed by atoms with Crippen LogP contribution in [-0.2, 0) is 0 Å². The zero-order chi connectivity index (χ0) is 10.0. The van der Waals surface area contributed by atoms with Crippen molar-refractivity contribution in [1.82, 2.24) is 0 Å². The average Bonchev–Trinajstić information content (AvgIpc) is 2.03. The van der Waals surface area contributed by atoms with Gasteiger partial charge in [0.25, 0.3) is 0 Å². The Kier molecular flexibility index (Phi) is 3.08. The second kappa shape index (κ2) is 3.91. The molecule has 1 rings (SSSR count). The van der Waals surface area contributed by atoms with Gasteiger partial charge in [0, 0.05) is 4.47 Å². The van der Waals surface area contributed by atoms with E-state index in [2.05, 4.69) is 15.9 Å². The van der Waals surface area contributed by atoms with Gasteiger partial charge in [-0.2, -0.15) is 0 Å². The Morgan fingerprint density at radius 3 is 2.38 bits per heavy atom. The summed E-state index contributed by atoms with van der Waals surface area (Å²) in [4.78, 5) is 10.5. The summed E-state index contributed by atoms with van der Waals surface area (Å²) in [6, 6.07) is 4.01. The van der Waals surface area contributed by atoms with E-state index in [4.69, 9.17) is 15.2 Å². The van der Waals surface area contributed by atoms with E-state index in [0.29, 0.717) is 4.47 Å². The number of rotatable bonds is 2. The Hall–Kier alpha value is -0.845. The lowest BCUT2D eigenvalue weighted by Gasteiger charge is -2.02. The molecule has 0 atom stereocenters. The van der Waals surface area contributed by atoms with E-state index in [0.717, 1.165) is 0 Å². The van der Waals surface area contributed by atoms with Crippen LogP contribution >= 0.6 is 15.9 Å². The molecule has 0 aliphatic heterocycles. The van der Waals surface area contributed by atoms with Crippen molar-refractivity contribution >= 4 is 34.5 Å². The van der Waals surface area contributed by atoms with Gasteiger partial charge in [0.05, 0.1) is 5.56 Å². The van der Waals surface area contributed by atoms with Crippen LogP contribution in [0.25, 0.3) is 0 Å². The molecule has 0 spiro atoms. The molecule has 0 fully saturated rings. The maximum Gasteiger partial charge on any atom is 0.488 e. The number of carbonyl (C=O) groups is 1. The van der Waals surface area contributed by atoms with E-state index in [1.54, 1.807) is 0 Å². The lowest BCUT2D eigenvalue weighted by molar-refractivity contribution is 0.0696. The van der Waals surface area contributed by atoms with Crippen molar-refractivity contribution in [2.45, 2.75) is 0 Å². The Balaban J connectivity index is 3.13. The van der Waals surface area contributed by atoms with E-state index in [-0.39, 0.29) is 11.0 Å². The third kappa shape index (κ3) is 2.30. The van der Waals surface area contributed by atoms with Gasteiger partial charge in [-0.1, -0.05) is 6.07 Å². The minimum Gasteiger partial charge on any atom is -0.478 e. The van der Waals surface area contributed by atoms with Crippen LogP contribution in [0.1, 0.15) is 10.4 Å². The predicted octanol–water partition coefficient (Wildman–Crippen LogP) is -0.173. The first-order valence-electron chi connectivity index (χ1n) is 3.41. The molecule has 0 aliphatic rings.